The minimum absolute atomic E-state index is 0.203. The largest absolute Gasteiger partial charge is 0.247 e. The van der Waals surface area contributed by atoms with Crippen LogP contribution in [0.25, 0.3) is 11.4 Å². The lowest BCUT2D eigenvalue weighted by Gasteiger charge is -2.01. The number of nitrogens with one attached hydrogen (secondary N) is 1. The van der Waals surface area contributed by atoms with Gasteiger partial charge in [0.15, 0.2) is 0 Å². The third-order valence-electron chi connectivity index (χ3n) is 1.84. The first-order valence-corrected chi connectivity index (χ1v) is 6.28. The van der Waals surface area contributed by atoms with Crippen molar-refractivity contribution in [1.29, 1.82) is 0 Å². The Morgan fingerprint density at radius 1 is 1.25 bits per heavy atom. The van der Waals surface area contributed by atoms with E-state index >= 15 is 0 Å². The number of aromatic amines is 1. The predicted molar refractivity (Wildman–Crippen MR) is 55.3 cm³/mol. The third-order valence-corrected chi connectivity index (χ3v) is 2.69. The van der Waals surface area contributed by atoms with Gasteiger partial charge in [-0.1, -0.05) is 0 Å². The van der Waals surface area contributed by atoms with E-state index in [2.05, 4.69) is 25.4 Å². The minimum Gasteiger partial charge on any atom is -0.224 e. The van der Waals surface area contributed by atoms with E-state index in [-0.39, 0.29) is 5.16 Å². The summed E-state index contributed by atoms with van der Waals surface area (Å²) < 4.78 is 22.7. The second-order valence-corrected chi connectivity index (χ2v) is 5.21. The number of H-pyrrole nitrogens is 1. The van der Waals surface area contributed by atoms with Gasteiger partial charge in [0.2, 0.25) is 15.0 Å². The SMILES string of the molecule is Cc1cc(-c2cn[nH]n2)nc(S(C)(=O)=O)n1. The lowest BCUT2D eigenvalue weighted by molar-refractivity contribution is 0.592. The quantitative estimate of drug-likeness (QED) is 0.738. The third kappa shape index (κ3) is 2.06. The Labute approximate surface area is 91.9 Å². The van der Waals surface area contributed by atoms with Crippen LogP contribution in [0.5, 0.6) is 0 Å². The van der Waals surface area contributed by atoms with Crippen molar-refractivity contribution in [2.24, 2.45) is 0 Å². The molecule has 1 N–H and O–H groups in total. The number of hydrogen-bond acceptors (Lipinski definition) is 6. The predicted octanol–water partition coefficient (Wildman–Crippen LogP) is -0.0264. The van der Waals surface area contributed by atoms with E-state index in [1.807, 2.05) is 0 Å². The normalized spacial score (nSPS) is 11.6. The van der Waals surface area contributed by atoms with Gasteiger partial charge in [-0.15, -0.1) is 0 Å². The lowest BCUT2D eigenvalue weighted by Crippen LogP contribution is -2.06. The summed E-state index contributed by atoms with van der Waals surface area (Å²) in [6.45, 7) is 1.69. The van der Waals surface area contributed by atoms with Gasteiger partial charge in [0, 0.05) is 11.9 Å². The van der Waals surface area contributed by atoms with Crippen molar-refractivity contribution in [2.45, 2.75) is 12.1 Å². The van der Waals surface area contributed by atoms with Crippen LogP contribution in [0.4, 0.5) is 0 Å². The average Bonchev–Trinajstić information content (AvgIpc) is 2.68. The molecule has 2 rings (SSSR count). The first-order valence-electron chi connectivity index (χ1n) is 4.39. The van der Waals surface area contributed by atoms with Gasteiger partial charge < -0.3 is 0 Å². The van der Waals surface area contributed by atoms with Gasteiger partial charge in [-0.3, -0.25) is 0 Å². The molecule has 0 bridgehead atoms. The maximum Gasteiger partial charge on any atom is 0.247 e. The van der Waals surface area contributed by atoms with E-state index < -0.39 is 9.84 Å². The maximum atomic E-state index is 11.3. The lowest BCUT2D eigenvalue weighted by atomic mass is 10.3. The Bertz CT molecular complexity index is 605. The van der Waals surface area contributed by atoms with Crippen molar-refractivity contribution in [3.05, 3.63) is 18.0 Å². The smallest absolute Gasteiger partial charge is 0.224 e. The van der Waals surface area contributed by atoms with Crippen LogP contribution in [0.3, 0.4) is 0 Å². The standard InChI is InChI=1S/C8H9N5O2S/c1-5-3-6(7-4-9-13-12-7)11-8(10-5)16(2,14)15/h3-4H,1-2H3,(H,9,12,13). The average molecular weight is 239 g/mol. The van der Waals surface area contributed by atoms with E-state index in [0.29, 0.717) is 17.1 Å². The highest BCUT2D eigenvalue weighted by atomic mass is 32.2. The van der Waals surface area contributed by atoms with E-state index in [0.717, 1.165) is 6.26 Å². The van der Waals surface area contributed by atoms with Gasteiger partial charge in [-0.25, -0.2) is 18.4 Å². The van der Waals surface area contributed by atoms with Gasteiger partial charge in [0.05, 0.1) is 11.9 Å². The van der Waals surface area contributed by atoms with E-state index in [1.165, 1.54) is 6.20 Å². The zero-order valence-electron chi connectivity index (χ0n) is 8.67. The first-order chi connectivity index (χ1) is 7.47. The molecule has 0 saturated carbocycles. The highest BCUT2D eigenvalue weighted by Gasteiger charge is 2.14. The molecule has 0 radical (unpaired) electrons. The topological polar surface area (TPSA) is 101 Å². The van der Waals surface area contributed by atoms with Crippen LogP contribution in [0.2, 0.25) is 0 Å². The van der Waals surface area contributed by atoms with Crippen LogP contribution in [0.15, 0.2) is 17.4 Å². The highest BCUT2D eigenvalue weighted by Crippen LogP contribution is 2.15. The second-order valence-electron chi connectivity index (χ2n) is 3.30. The summed E-state index contributed by atoms with van der Waals surface area (Å²) in [5.41, 5.74) is 1.48. The van der Waals surface area contributed by atoms with E-state index in [1.54, 1.807) is 13.0 Å². The van der Waals surface area contributed by atoms with Gasteiger partial charge >= 0.3 is 0 Å². The first kappa shape index (κ1) is 10.7. The summed E-state index contributed by atoms with van der Waals surface area (Å²) >= 11 is 0. The summed E-state index contributed by atoms with van der Waals surface area (Å²) in [6.07, 6.45) is 2.53. The van der Waals surface area contributed by atoms with Crippen molar-refractivity contribution < 1.29 is 8.42 Å². The van der Waals surface area contributed by atoms with Crippen LogP contribution in [-0.2, 0) is 9.84 Å². The molecule has 16 heavy (non-hydrogen) atoms. The molecule has 0 unspecified atom stereocenters. The summed E-state index contributed by atoms with van der Waals surface area (Å²) in [5, 5.41) is 9.70. The number of hydrogen-bond donors (Lipinski definition) is 1. The molecule has 0 fully saturated rings. The molecule has 0 spiro atoms. The summed E-state index contributed by atoms with van der Waals surface area (Å²) in [7, 11) is -3.42. The molecular weight excluding hydrogens is 230 g/mol. The summed E-state index contributed by atoms with van der Waals surface area (Å²) in [5.74, 6) is 0. The monoisotopic (exact) mass is 239 g/mol. The van der Waals surface area contributed by atoms with Gasteiger partial charge in [-0.2, -0.15) is 15.4 Å². The fourth-order valence-electron chi connectivity index (χ4n) is 1.16. The zero-order valence-corrected chi connectivity index (χ0v) is 9.48. The minimum atomic E-state index is -3.42. The maximum absolute atomic E-state index is 11.3. The highest BCUT2D eigenvalue weighted by molar-refractivity contribution is 7.90. The zero-order chi connectivity index (χ0) is 11.8. The van der Waals surface area contributed by atoms with Crippen molar-refractivity contribution in [2.75, 3.05) is 6.26 Å². The van der Waals surface area contributed by atoms with Crippen molar-refractivity contribution in [3.8, 4) is 11.4 Å². The Kier molecular flexibility index (Phi) is 2.43. The molecule has 0 aliphatic heterocycles. The van der Waals surface area contributed by atoms with Crippen LogP contribution >= 0.6 is 0 Å². The van der Waals surface area contributed by atoms with Crippen LogP contribution in [0.1, 0.15) is 5.69 Å². The number of sulfone groups is 1. The second kappa shape index (κ2) is 3.63. The van der Waals surface area contributed by atoms with Crippen molar-refractivity contribution >= 4 is 9.84 Å². The Balaban J connectivity index is 2.62. The molecule has 0 aromatic carbocycles. The van der Waals surface area contributed by atoms with Crippen molar-refractivity contribution in [3.63, 3.8) is 0 Å². The fourth-order valence-corrected chi connectivity index (χ4v) is 1.74. The fraction of sp³-hybridized carbons (Fsp3) is 0.250. The molecule has 84 valence electrons. The van der Waals surface area contributed by atoms with Crippen LogP contribution in [-0.4, -0.2) is 40.1 Å². The molecule has 0 amide bonds. The molecular formula is C8H9N5O2S. The number of aryl methyl sites for hydroxylation is 1. The molecule has 0 saturated heterocycles. The van der Waals surface area contributed by atoms with Gasteiger partial charge in [0.1, 0.15) is 5.69 Å². The Morgan fingerprint density at radius 3 is 2.56 bits per heavy atom. The molecule has 0 atom stereocenters. The Morgan fingerprint density at radius 2 is 2.00 bits per heavy atom. The van der Waals surface area contributed by atoms with Crippen molar-refractivity contribution in [1.82, 2.24) is 25.4 Å². The van der Waals surface area contributed by atoms with Gasteiger partial charge in [0.25, 0.3) is 0 Å². The molecule has 7 nitrogen and oxygen atoms in total. The number of nitrogens with zero attached hydrogens (tertiary/aromatic N) is 4. The number of rotatable bonds is 2. The number of aromatic nitrogens is 5. The van der Waals surface area contributed by atoms with E-state index in [9.17, 15) is 8.42 Å². The molecule has 8 heteroatoms. The molecule has 0 aliphatic carbocycles. The Hall–Kier alpha value is -1.83. The van der Waals surface area contributed by atoms with E-state index in [4.69, 9.17) is 0 Å². The van der Waals surface area contributed by atoms with Gasteiger partial charge in [-0.05, 0) is 13.0 Å². The molecule has 0 aliphatic rings. The van der Waals surface area contributed by atoms with Crippen LogP contribution in [0, 0.1) is 6.92 Å². The van der Waals surface area contributed by atoms with Crippen LogP contribution < -0.4 is 0 Å². The summed E-state index contributed by atoms with van der Waals surface area (Å²) in [6, 6.07) is 1.65. The molecule has 2 aromatic heterocycles. The molecule has 2 heterocycles. The molecule has 2 aromatic rings. The summed E-state index contributed by atoms with van der Waals surface area (Å²) in [4.78, 5) is 7.78.